The van der Waals surface area contributed by atoms with Crippen LogP contribution in [0.1, 0.15) is 20.3 Å². The molecule has 1 amide bonds. The number of nitrogens with one attached hydrogen (secondary N) is 2. The number of carboxylic acids is 1. The average Bonchev–Trinajstić information content (AvgIpc) is 2.36. The Morgan fingerprint density at radius 2 is 1.68 bits per heavy atom. The smallest absolute Gasteiger partial charge is 0.322 e. The number of carbonyl (C=O) groups is 3. The van der Waals surface area contributed by atoms with Gasteiger partial charge in [0.25, 0.3) is 0 Å². The first-order chi connectivity index (χ1) is 10.1. The van der Waals surface area contributed by atoms with Gasteiger partial charge in [-0.15, -0.1) is 0 Å². The van der Waals surface area contributed by atoms with Crippen LogP contribution in [0.3, 0.4) is 0 Å². The van der Waals surface area contributed by atoms with E-state index in [9.17, 15) is 22.8 Å². The van der Waals surface area contributed by atoms with Gasteiger partial charge in [-0.25, -0.2) is 8.42 Å². The summed E-state index contributed by atoms with van der Waals surface area (Å²) in [5.41, 5.74) is 0.407. The lowest BCUT2D eigenvalue weighted by molar-refractivity contribution is -0.140. The third kappa shape index (κ3) is 5.26. The molecule has 0 saturated carbocycles. The second-order valence-electron chi connectivity index (χ2n) is 4.62. The van der Waals surface area contributed by atoms with Gasteiger partial charge in [0.05, 0.1) is 4.90 Å². The zero-order valence-corrected chi connectivity index (χ0v) is 12.8. The van der Waals surface area contributed by atoms with E-state index >= 15 is 0 Å². The highest BCUT2D eigenvalue weighted by atomic mass is 32.2. The number of aliphatic carboxylic acids is 1. The highest BCUT2D eigenvalue weighted by Gasteiger charge is 2.26. The van der Waals surface area contributed by atoms with Gasteiger partial charge in [-0.1, -0.05) is 0 Å². The number of benzene rings is 1. The Kier molecular flexibility index (Phi) is 5.77. The van der Waals surface area contributed by atoms with Gasteiger partial charge in [0.15, 0.2) is 0 Å². The fourth-order valence-electron chi connectivity index (χ4n) is 1.64. The van der Waals surface area contributed by atoms with Crippen LogP contribution in [0.15, 0.2) is 29.2 Å². The zero-order chi connectivity index (χ0) is 16.9. The van der Waals surface area contributed by atoms with E-state index in [0.717, 1.165) is 0 Å². The fraction of sp³-hybridized carbons (Fsp3) is 0.308. The number of carbonyl (C=O) groups excluding carboxylic acids is 2. The summed E-state index contributed by atoms with van der Waals surface area (Å²) in [5, 5.41) is 11.4. The topological polar surface area (TPSA) is 130 Å². The summed E-state index contributed by atoms with van der Waals surface area (Å²) in [6.07, 6.45) is -0.446. The van der Waals surface area contributed by atoms with Gasteiger partial charge in [-0.3, -0.25) is 14.4 Å². The molecule has 0 aliphatic heterocycles. The van der Waals surface area contributed by atoms with Crippen molar-refractivity contribution in [2.24, 2.45) is 0 Å². The minimum absolute atomic E-state index is 0.170. The zero-order valence-electron chi connectivity index (χ0n) is 12.0. The molecule has 3 N–H and O–H groups in total. The molecule has 1 atom stereocenters. The molecule has 0 aliphatic rings. The number of rotatable bonds is 7. The van der Waals surface area contributed by atoms with Gasteiger partial charge in [0.2, 0.25) is 15.9 Å². The lowest BCUT2D eigenvalue weighted by atomic mass is 10.2. The molecule has 1 rings (SSSR count). The van der Waals surface area contributed by atoms with Crippen LogP contribution in [-0.4, -0.2) is 37.2 Å². The number of Topliss-reactive ketones (excluding diaryl/α,β-unsaturated/α-hetero) is 1. The maximum atomic E-state index is 12.1. The predicted molar refractivity (Wildman–Crippen MR) is 77.8 cm³/mol. The van der Waals surface area contributed by atoms with Crippen molar-refractivity contribution in [3.8, 4) is 0 Å². The van der Waals surface area contributed by atoms with Crippen molar-refractivity contribution in [3.63, 3.8) is 0 Å². The first-order valence-corrected chi connectivity index (χ1v) is 7.72. The Morgan fingerprint density at radius 1 is 1.14 bits per heavy atom. The Hall–Kier alpha value is -2.26. The fourth-order valence-corrected chi connectivity index (χ4v) is 2.83. The van der Waals surface area contributed by atoms with Crippen LogP contribution in [0.5, 0.6) is 0 Å². The maximum Gasteiger partial charge on any atom is 0.322 e. The van der Waals surface area contributed by atoms with E-state index in [0.29, 0.717) is 5.69 Å². The van der Waals surface area contributed by atoms with Gasteiger partial charge in [0, 0.05) is 19.0 Å². The van der Waals surface area contributed by atoms with Crippen LogP contribution < -0.4 is 10.0 Å². The summed E-state index contributed by atoms with van der Waals surface area (Å²) in [7, 11) is -4.09. The Bertz CT molecular complexity index is 681. The van der Waals surface area contributed by atoms with Crippen molar-refractivity contribution in [2.45, 2.75) is 31.2 Å². The molecule has 0 spiro atoms. The Labute approximate surface area is 127 Å². The van der Waals surface area contributed by atoms with Crippen LogP contribution in [-0.2, 0) is 24.4 Å². The quantitative estimate of drug-likeness (QED) is 0.662. The highest BCUT2D eigenvalue weighted by molar-refractivity contribution is 7.89. The molecular weight excluding hydrogens is 312 g/mol. The van der Waals surface area contributed by atoms with Crippen molar-refractivity contribution in [3.05, 3.63) is 24.3 Å². The van der Waals surface area contributed by atoms with Crippen LogP contribution in [0, 0.1) is 0 Å². The predicted octanol–water partition coefficient (Wildman–Crippen LogP) is 0.356. The molecule has 1 unspecified atom stereocenters. The average molecular weight is 328 g/mol. The van der Waals surface area contributed by atoms with Gasteiger partial charge in [-0.2, -0.15) is 4.72 Å². The Morgan fingerprint density at radius 3 is 2.09 bits per heavy atom. The molecule has 22 heavy (non-hydrogen) atoms. The van der Waals surface area contributed by atoms with E-state index in [2.05, 4.69) is 5.32 Å². The van der Waals surface area contributed by atoms with Crippen molar-refractivity contribution in [1.29, 1.82) is 0 Å². The largest absolute Gasteiger partial charge is 0.480 e. The molecule has 0 bridgehead atoms. The number of amides is 1. The van der Waals surface area contributed by atoms with Crippen molar-refractivity contribution in [2.75, 3.05) is 5.32 Å². The van der Waals surface area contributed by atoms with Gasteiger partial charge < -0.3 is 10.4 Å². The van der Waals surface area contributed by atoms with E-state index in [1.165, 1.54) is 38.1 Å². The Balaban J connectivity index is 2.95. The lowest BCUT2D eigenvalue weighted by Gasteiger charge is -2.13. The van der Waals surface area contributed by atoms with Crippen molar-refractivity contribution in [1.82, 2.24) is 4.72 Å². The summed E-state index contributed by atoms with van der Waals surface area (Å²) in [6, 6.07) is 3.66. The third-order valence-electron chi connectivity index (χ3n) is 2.57. The minimum atomic E-state index is -4.09. The molecule has 9 heteroatoms. The third-order valence-corrected chi connectivity index (χ3v) is 4.06. The molecule has 8 nitrogen and oxygen atoms in total. The molecular formula is C13H16N2O6S. The maximum absolute atomic E-state index is 12.1. The second kappa shape index (κ2) is 7.14. The first-order valence-electron chi connectivity index (χ1n) is 6.24. The monoisotopic (exact) mass is 328 g/mol. The molecule has 120 valence electrons. The van der Waals surface area contributed by atoms with E-state index in [1.807, 2.05) is 4.72 Å². The number of anilines is 1. The summed E-state index contributed by atoms with van der Waals surface area (Å²) in [4.78, 5) is 32.7. The SMILES string of the molecule is CC(=O)CC(NS(=O)(=O)c1ccc(NC(C)=O)cc1)C(=O)O. The summed E-state index contributed by atoms with van der Waals surface area (Å²) < 4.78 is 26.1. The number of carboxylic acid groups (broad SMARTS) is 1. The van der Waals surface area contributed by atoms with E-state index in [-0.39, 0.29) is 10.8 Å². The van der Waals surface area contributed by atoms with Crippen LogP contribution >= 0.6 is 0 Å². The molecule has 0 radical (unpaired) electrons. The number of hydrogen-bond acceptors (Lipinski definition) is 5. The molecule has 0 heterocycles. The van der Waals surface area contributed by atoms with E-state index < -0.39 is 34.2 Å². The number of sulfonamides is 1. The summed E-state index contributed by atoms with van der Waals surface area (Å²) in [5.74, 6) is -2.19. The van der Waals surface area contributed by atoms with Crippen molar-refractivity contribution < 1.29 is 27.9 Å². The normalized spacial score (nSPS) is 12.5. The van der Waals surface area contributed by atoms with Gasteiger partial charge in [-0.05, 0) is 31.2 Å². The van der Waals surface area contributed by atoms with Crippen LogP contribution in [0.4, 0.5) is 5.69 Å². The van der Waals surface area contributed by atoms with E-state index in [4.69, 9.17) is 5.11 Å². The molecule has 0 aliphatic carbocycles. The molecule has 0 aromatic heterocycles. The molecule has 1 aromatic carbocycles. The van der Waals surface area contributed by atoms with E-state index in [1.54, 1.807) is 0 Å². The van der Waals surface area contributed by atoms with Gasteiger partial charge in [0.1, 0.15) is 11.8 Å². The number of ketones is 1. The van der Waals surface area contributed by atoms with Crippen molar-refractivity contribution >= 4 is 33.4 Å². The van der Waals surface area contributed by atoms with Crippen LogP contribution in [0.2, 0.25) is 0 Å². The highest BCUT2D eigenvalue weighted by Crippen LogP contribution is 2.15. The first kappa shape index (κ1) is 17.8. The summed E-state index contributed by atoms with van der Waals surface area (Å²) in [6.45, 7) is 2.48. The number of hydrogen-bond donors (Lipinski definition) is 3. The molecule has 1 aromatic rings. The van der Waals surface area contributed by atoms with Gasteiger partial charge >= 0.3 is 5.97 Å². The standard InChI is InChI=1S/C13H16N2O6S/c1-8(16)7-12(13(18)19)15-22(20,21)11-5-3-10(4-6-11)14-9(2)17/h3-6,12,15H,7H2,1-2H3,(H,14,17)(H,18,19). The molecule has 0 fully saturated rings. The molecule has 0 saturated heterocycles. The lowest BCUT2D eigenvalue weighted by Crippen LogP contribution is -2.41. The van der Waals surface area contributed by atoms with Crippen LogP contribution in [0.25, 0.3) is 0 Å². The second-order valence-corrected chi connectivity index (χ2v) is 6.34. The summed E-state index contributed by atoms with van der Waals surface area (Å²) >= 11 is 0. The minimum Gasteiger partial charge on any atom is -0.480 e.